The molecule has 1 fully saturated rings. The van der Waals surface area contributed by atoms with Gasteiger partial charge in [-0.3, -0.25) is 4.79 Å². The summed E-state index contributed by atoms with van der Waals surface area (Å²) in [6.45, 7) is 4.11. The quantitative estimate of drug-likeness (QED) is 0.765. The van der Waals surface area contributed by atoms with E-state index in [9.17, 15) is 4.79 Å². The summed E-state index contributed by atoms with van der Waals surface area (Å²) >= 11 is 1.74. The van der Waals surface area contributed by atoms with Crippen LogP contribution in [-0.2, 0) is 4.79 Å². The SMILES string of the molecule is CCC1SCN(c2cccc(C)c2)C1=O. The first-order valence-corrected chi connectivity index (χ1v) is 6.27. The standard InChI is InChI=1S/C12H15NOS/c1-3-11-12(14)13(8-15-11)10-6-4-5-9(2)7-10/h4-7,11H,3,8H2,1-2H3. The van der Waals surface area contributed by atoms with Gasteiger partial charge in [0, 0.05) is 5.69 Å². The van der Waals surface area contributed by atoms with Crippen LogP contribution in [-0.4, -0.2) is 17.0 Å². The molecule has 1 saturated heterocycles. The summed E-state index contributed by atoms with van der Waals surface area (Å²) in [4.78, 5) is 13.8. The zero-order valence-corrected chi connectivity index (χ0v) is 9.88. The van der Waals surface area contributed by atoms with Crippen LogP contribution in [0.1, 0.15) is 18.9 Å². The smallest absolute Gasteiger partial charge is 0.240 e. The predicted octanol–water partition coefficient (Wildman–Crippen LogP) is 2.81. The highest BCUT2D eigenvalue weighted by Crippen LogP contribution is 2.31. The molecule has 1 aromatic rings. The molecule has 80 valence electrons. The normalized spacial score (nSPS) is 21.1. The first kappa shape index (κ1) is 10.6. The van der Waals surface area contributed by atoms with Crippen LogP contribution < -0.4 is 4.90 Å². The van der Waals surface area contributed by atoms with Gasteiger partial charge >= 0.3 is 0 Å². The average molecular weight is 221 g/mol. The molecule has 15 heavy (non-hydrogen) atoms. The number of anilines is 1. The second-order valence-electron chi connectivity index (χ2n) is 3.80. The van der Waals surface area contributed by atoms with E-state index in [2.05, 4.69) is 26.0 Å². The molecule has 1 atom stereocenters. The Kier molecular flexibility index (Phi) is 3.00. The number of hydrogen-bond acceptors (Lipinski definition) is 2. The van der Waals surface area contributed by atoms with Gasteiger partial charge in [0.1, 0.15) is 0 Å². The van der Waals surface area contributed by atoms with Crippen LogP contribution in [0.3, 0.4) is 0 Å². The third-order valence-corrected chi connectivity index (χ3v) is 3.98. The van der Waals surface area contributed by atoms with E-state index in [1.807, 2.05) is 17.0 Å². The van der Waals surface area contributed by atoms with Crippen molar-refractivity contribution in [2.45, 2.75) is 25.5 Å². The van der Waals surface area contributed by atoms with Gasteiger partial charge in [-0.2, -0.15) is 0 Å². The van der Waals surface area contributed by atoms with Crippen LogP contribution in [0.15, 0.2) is 24.3 Å². The van der Waals surface area contributed by atoms with E-state index >= 15 is 0 Å². The molecule has 0 aromatic heterocycles. The number of thioether (sulfide) groups is 1. The monoisotopic (exact) mass is 221 g/mol. The van der Waals surface area contributed by atoms with Gasteiger partial charge in [-0.25, -0.2) is 0 Å². The first-order chi connectivity index (χ1) is 7.22. The zero-order chi connectivity index (χ0) is 10.8. The van der Waals surface area contributed by atoms with Gasteiger partial charge in [0.2, 0.25) is 5.91 Å². The number of aryl methyl sites for hydroxylation is 1. The van der Waals surface area contributed by atoms with E-state index in [1.165, 1.54) is 5.56 Å². The largest absolute Gasteiger partial charge is 0.302 e. The number of carbonyl (C=O) groups is 1. The molecule has 0 saturated carbocycles. The second kappa shape index (κ2) is 4.27. The molecular formula is C12H15NOS. The zero-order valence-electron chi connectivity index (χ0n) is 9.06. The van der Waals surface area contributed by atoms with Crippen molar-refractivity contribution >= 4 is 23.4 Å². The summed E-state index contributed by atoms with van der Waals surface area (Å²) in [5.74, 6) is 1.05. The van der Waals surface area contributed by atoms with E-state index in [1.54, 1.807) is 11.8 Å². The molecule has 1 aliphatic rings. The lowest BCUT2D eigenvalue weighted by Gasteiger charge is -2.15. The molecular weight excluding hydrogens is 206 g/mol. The fourth-order valence-electron chi connectivity index (χ4n) is 1.76. The predicted molar refractivity (Wildman–Crippen MR) is 65.2 cm³/mol. The van der Waals surface area contributed by atoms with Crippen LogP contribution in [0.4, 0.5) is 5.69 Å². The molecule has 0 spiro atoms. The lowest BCUT2D eigenvalue weighted by molar-refractivity contribution is -0.117. The van der Waals surface area contributed by atoms with Gasteiger partial charge in [0.05, 0.1) is 11.1 Å². The van der Waals surface area contributed by atoms with Gasteiger partial charge in [-0.15, -0.1) is 11.8 Å². The van der Waals surface area contributed by atoms with Crippen molar-refractivity contribution in [2.24, 2.45) is 0 Å². The molecule has 2 nitrogen and oxygen atoms in total. The van der Waals surface area contributed by atoms with E-state index in [4.69, 9.17) is 0 Å². The maximum Gasteiger partial charge on any atom is 0.240 e. The van der Waals surface area contributed by atoms with Gasteiger partial charge in [-0.1, -0.05) is 19.1 Å². The Labute approximate surface area is 94.7 Å². The Morgan fingerprint density at radius 1 is 1.53 bits per heavy atom. The third kappa shape index (κ3) is 2.02. The van der Waals surface area contributed by atoms with E-state index in [0.717, 1.165) is 18.0 Å². The molecule has 3 heteroatoms. The van der Waals surface area contributed by atoms with Crippen molar-refractivity contribution < 1.29 is 4.79 Å². The van der Waals surface area contributed by atoms with Crippen LogP contribution in [0, 0.1) is 6.92 Å². The van der Waals surface area contributed by atoms with E-state index in [0.29, 0.717) is 0 Å². The first-order valence-electron chi connectivity index (χ1n) is 5.22. The minimum absolute atomic E-state index is 0.158. The minimum Gasteiger partial charge on any atom is -0.302 e. The Bertz CT molecular complexity index is 378. The van der Waals surface area contributed by atoms with Crippen LogP contribution >= 0.6 is 11.8 Å². The highest BCUT2D eigenvalue weighted by Gasteiger charge is 2.31. The summed E-state index contributed by atoms with van der Waals surface area (Å²) in [7, 11) is 0. The summed E-state index contributed by atoms with van der Waals surface area (Å²) < 4.78 is 0. The molecule has 1 amide bonds. The van der Waals surface area contributed by atoms with Crippen LogP contribution in [0.25, 0.3) is 0 Å². The fraction of sp³-hybridized carbons (Fsp3) is 0.417. The molecule has 1 aromatic carbocycles. The topological polar surface area (TPSA) is 20.3 Å². The van der Waals surface area contributed by atoms with E-state index < -0.39 is 0 Å². The number of rotatable bonds is 2. The number of benzene rings is 1. The van der Waals surface area contributed by atoms with Gasteiger partial charge in [0.15, 0.2) is 0 Å². The second-order valence-corrected chi connectivity index (χ2v) is 4.96. The van der Waals surface area contributed by atoms with Crippen molar-refractivity contribution in [3.63, 3.8) is 0 Å². The summed E-state index contributed by atoms with van der Waals surface area (Å²) in [6, 6.07) is 8.12. The molecule has 0 aliphatic carbocycles. The number of carbonyl (C=O) groups excluding carboxylic acids is 1. The number of hydrogen-bond donors (Lipinski definition) is 0. The lowest BCUT2D eigenvalue weighted by Crippen LogP contribution is -2.28. The molecule has 0 radical (unpaired) electrons. The molecule has 1 heterocycles. The van der Waals surface area contributed by atoms with Crippen molar-refractivity contribution in [3.8, 4) is 0 Å². The van der Waals surface area contributed by atoms with E-state index in [-0.39, 0.29) is 11.2 Å². The summed E-state index contributed by atoms with van der Waals surface area (Å²) in [6.07, 6.45) is 0.922. The highest BCUT2D eigenvalue weighted by atomic mass is 32.2. The summed E-state index contributed by atoms with van der Waals surface area (Å²) in [5, 5.41) is 0.158. The van der Waals surface area contributed by atoms with Crippen LogP contribution in [0.5, 0.6) is 0 Å². The molecule has 1 unspecified atom stereocenters. The molecule has 1 aliphatic heterocycles. The molecule has 0 bridgehead atoms. The maximum absolute atomic E-state index is 12.0. The van der Waals surface area contributed by atoms with Crippen LogP contribution in [0.2, 0.25) is 0 Å². The van der Waals surface area contributed by atoms with Crippen molar-refractivity contribution in [1.29, 1.82) is 0 Å². The highest BCUT2D eigenvalue weighted by molar-refractivity contribution is 8.01. The van der Waals surface area contributed by atoms with Crippen molar-refractivity contribution in [2.75, 3.05) is 10.8 Å². The number of amides is 1. The Morgan fingerprint density at radius 3 is 2.93 bits per heavy atom. The van der Waals surface area contributed by atoms with Gasteiger partial charge in [0.25, 0.3) is 0 Å². The van der Waals surface area contributed by atoms with Gasteiger partial charge < -0.3 is 4.90 Å². The number of nitrogens with zero attached hydrogens (tertiary/aromatic N) is 1. The fourth-order valence-corrected chi connectivity index (χ4v) is 2.87. The van der Waals surface area contributed by atoms with Gasteiger partial charge in [-0.05, 0) is 31.0 Å². The summed E-state index contributed by atoms with van der Waals surface area (Å²) in [5.41, 5.74) is 2.23. The van der Waals surface area contributed by atoms with Crippen molar-refractivity contribution in [3.05, 3.63) is 29.8 Å². The minimum atomic E-state index is 0.158. The average Bonchev–Trinajstić information content (AvgIpc) is 2.59. The third-order valence-electron chi connectivity index (χ3n) is 2.63. The van der Waals surface area contributed by atoms with Crippen molar-refractivity contribution in [1.82, 2.24) is 0 Å². The molecule has 2 rings (SSSR count). The Hall–Kier alpha value is -0.960. The Morgan fingerprint density at radius 2 is 2.33 bits per heavy atom. The Balaban J connectivity index is 2.22. The molecule has 0 N–H and O–H groups in total. The lowest BCUT2D eigenvalue weighted by atomic mass is 10.2. The maximum atomic E-state index is 12.0.